The first kappa shape index (κ1) is 18.2. The van der Waals surface area contributed by atoms with Crippen LogP contribution in [0.1, 0.15) is 38.2 Å². The number of aromatic nitrogens is 1. The van der Waals surface area contributed by atoms with Gasteiger partial charge >= 0.3 is 6.03 Å². The van der Waals surface area contributed by atoms with Gasteiger partial charge in [-0.05, 0) is 30.9 Å². The van der Waals surface area contributed by atoms with Crippen LogP contribution in [-0.2, 0) is 11.2 Å². The average Bonchev–Trinajstić information content (AvgIpc) is 2.87. The molecule has 1 fully saturated rings. The van der Waals surface area contributed by atoms with Crippen molar-refractivity contribution in [2.45, 2.75) is 39.0 Å². The fourth-order valence-corrected chi connectivity index (χ4v) is 2.81. The molecule has 6 heteroatoms. The van der Waals surface area contributed by atoms with E-state index in [9.17, 15) is 9.59 Å². The summed E-state index contributed by atoms with van der Waals surface area (Å²) in [5.41, 5.74) is 1.08. The van der Waals surface area contributed by atoms with Gasteiger partial charge in [-0.15, -0.1) is 0 Å². The number of aryl methyl sites for hydroxylation is 1. The number of hydrogen-bond donors (Lipinski definition) is 1. The lowest BCUT2D eigenvalue weighted by molar-refractivity contribution is -0.131. The summed E-state index contributed by atoms with van der Waals surface area (Å²) in [6.07, 6.45) is 7.65. The number of urea groups is 1. The summed E-state index contributed by atoms with van der Waals surface area (Å²) in [7, 11) is 0. The topological polar surface area (TPSA) is 65.5 Å². The van der Waals surface area contributed by atoms with E-state index in [2.05, 4.69) is 17.2 Å². The van der Waals surface area contributed by atoms with Crippen LogP contribution in [0.15, 0.2) is 24.5 Å². The molecule has 1 aromatic heterocycles. The number of hydrogen-bond acceptors (Lipinski definition) is 3. The molecule has 0 bridgehead atoms. The molecule has 0 atom stereocenters. The third-order valence-electron chi connectivity index (χ3n) is 4.29. The monoisotopic (exact) mass is 332 g/mol. The number of pyridine rings is 1. The van der Waals surface area contributed by atoms with Gasteiger partial charge in [-0.3, -0.25) is 9.78 Å². The number of carbonyl (C=O) groups is 2. The molecule has 0 saturated carbocycles. The third-order valence-corrected chi connectivity index (χ3v) is 4.29. The van der Waals surface area contributed by atoms with Crippen LogP contribution in [0.2, 0.25) is 0 Å². The van der Waals surface area contributed by atoms with E-state index >= 15 is 0 Å². The van der Waals surface area contributed by atoms with E-state index in [1.165, 1.54) is 0 Å². The minimum Gasteiger partial charge on any atom is -0.341 e. The summed E-state index contributed by atoms with van der Waals surface area (Å²) in [6, 6.07) is 3.87. The number of unbranched alkanes of at least 4 members (excludes halogenated alkanes) is 1. The maximum Gasteiger partial charge on any atom is 0.317 e. The molecule has 1 aromatic rings. The largest absolute Gasteiger partial charge is 0.341 e. The van der Waals surface area contributed by atoms with E-state index in [4.69, 9.17) is 0 Å². The number of nitrogens with one attached hydrogen (secondary N) is 1. The molecule has 1 saturated heterocycles. The molecule has 1 N–H and O–H groups in total. The van der Waals surface area contributed by atoms with Crippen LogP contribution < -0.4 is 5.32 Å². The Balaban J connectivity index is 1.75. The lowest BCUT2D eigenvalue weighted by Gasteiger charge is -2.22. The van der Waals surface area contributed by atoms with Crippen LogP contribution in [0.5, 0.6) is 0 Å². The number of amides is 3. The van der Waals surface area contributed by atoms with Gasteiger partial charge in [-0.1, -0.05) is 19.4 Å². The Morgan fingerprint density at radius 2 is 2.00 bits per heavy atom. The molecule has 0 aliphatic carbocycles. The van der Waals surface area contributed by atoms with Gasteiger partial charge in [0.05, 0.1) is 0 Å². The maximum absolute atomic E-state index is 12.4. The summed E-state index contributed by atoms with van der Waals surface area (Å²) in [5.74, 6) is 0.159. The van der Waals surface area contributed by atoms with Crippen LogP contribution in [0.4, 0.5) is 4.79 Å². The van der Waals surface area contributed by atoms with Crippen LogP contribution in [0, 0.1) is 0 Å². The first-order valence-electron chi connectivity index (χ1n) is 8.90. The van der Waals surface area contributed by atoms with Crippen molar-refractivity contribution in [1.82, 2.24) is 20.1 Å². The molecule has 0 radical (unpaired) electrons. The van der Waals surface area contributed by atoms with E-state index in [0.717, 1.165) is 37.9 Å². The van der Waals surface area contributed by atoms with Crippen molar-refractivity contribution in [3.8, 4) is 0 Å². The van der Waals surface area contributed by atoms with Crippen molar-refractivity contribution in [1.29, 1.82) is 0 Å². The molecule has 2 heterocycles. The Hall–Kier alpha value is -2.11. The fraction of sp³-hybridized carbons (Fsp3) is 0.611. The Morgan fingerprint density at radius 3 is 2.75 bits per heavy atom. The van der Waals surface area contributed by atoms with Gasteiger partial charge in [-0.2, -0.15) is 0 Å². The van der Waals surface area contributed by atoms with E-state index in [-0.39, 0.29) is 11.9 Å². The van der Waals surface area contributed by atoms with Gasteiger partial charge in [0.2, 0.25) is 5.91 Å². The highest BCUT2D eigenvalue weighted by atomic mass is 16.2. The Bertz CT molecular complexity index is 521. The first-order valence-corrected chi connectivity index (χ1v) is 8.90. The molecule has 1 aliphatic heterocycles. The van der Waals surface area contributed by atoms with Crippen LogP contribution in [0.25, 0.3) is 0 Å². The molecule has 0 unspecified atom stereocenters. The molecular weight excluding hydrogens is 304 g/mol. The van der Waals surface area contributed by atoms with Crippen molar-refractivity contribution >= 4 is 11.9 Å². The summed E-state index contributed by atoms with van der Waals surface area (Å²) < 4.78 is 0. The second-order valence-electron chi connectivity index (χ2n) is 6.17. The molecule has 2 rings (SSSR count). The van der Waals surface area contributed by atoms with Gasteiger partial charge in [0.25, 0.3) is 0 Å². The molecule has 0 spiro atoms. The zero-order chi connectivity index (χ0) is 17.2. The predicted octanol–water partition coefficient (Wildman–Crippen LogP) is 2.06. The first-order chi connectivity index (χ1) is 11.7. The third kappa shape index (κ3) is 5.83. The van der Waals surface area contributed by atoms with Gasteiger partial charge in [0, 0.05) is 51.5 Å². The standard InChI is InChI=1S/C18H28N4O2/c1-2-3-10-20-18(24)22-12-5-11-21(13-14-22)17(23)8-7-16-6-4-9-19-15-16/h4,6,9,15H,2-3,5,7-8,10-14H2,1H3,(H,20,24). The van der Waals surface area contributed by atoms with Crippen molar-refractivity contribution in [2.75, 3.05) is 32.7 Å². The molecular formula is C18H28N4O2. The van der Waals surface area contributed by atoms with E-state index in [1.807, 2.05) is 21.9 Å². The minimum atomic E-state index is -0.00638. The van der Waals surface area contributed by atoms with Gasteiger partial charge in [-0.25, -0.2) is 4.79 Å². The Kier molecular flexibility index (Phi) is 7.52. The lowest BCUT2D eigenvalue weighted by atomic mass is 10.1. The second kappa shape index (κ2) is 9.90. The van der Waals surface area contributed by atoms with Crippen molar-refractivity contribution in [2.24, 2.45) is 0 Å². The van der Waals surface area contributed by atoms with Crippen LogP contribution >= 0.6 is 0 Å². The number of carbonyl (C=O) groups excluding carboxylic acids is 2. The number of nitrogens with zero attached hydrogens (tertiary/aromatic N) is 3. The smallest absolute Gasteiger partial charge is 0.317 e. The van der Waals surface area contributed by atoms with Crippen molar-refractivity contribution < 1.29 is 9.59 Å². The summed E-state index contributed by atoms with van der Waals surface area (Å²) in [6.45, 7) is 5.49. The van der Waals surface area contributed by atoms with Crippen molar-refractivity contribution in [3.05, 3.63) is 30.1 Å². The molecule has 132 valence electrons. The highest BCUT2D eigenvalue weighted by Crippen LogP contribution is 2.08. The highest BCUT2D eigenvalue weighted by Gasteiger charge is 2.21. The normalized spacial score (nSPS) is 15.0. The second-order valence-corrected chi connectivity index (χ2v) is 6.17. The van der Waals surface area contributed by atoms with Crippen LogP contribution in [-0.4, -0.2) is 59.4 Å². The van der Waals surface area contributed by atoms with Crippen molar-refractivity contribution in [3.63, 3.8) is 0 Å². The highest BCUT2D eigenvalue weighted by molar-refractivity contribution is 5.77. The van der Waals surface area contributed by atoms with Gasteiger partial charge < -0.3 is 15.1 Å². The van der Waals surface area contributed by atoms with E-state index < -0.39 is 0 Å². The molecule has 3 amide bonds. The molecule has 6 nitrogen and oxygen atoms in total. The molecule has 0 aromatic carbocycles. The van der Waals surface area contributed by atoms with Crippen LogP contribution in [0.3, 0.4) is 0 Å². The Morgan fingerprint density at radius 1 is 1.21 bits per heavy atom. The summed E-state index contributed by atoms with van der Waals surface area (Å²) in [5, 5.41) is 2.95. The maximum atomic E-state index is 12.4. The quantitative estimate of drug-likeness (QED) is 0.811. The lowest BCUT2D eigenvalue weighted by Crippen LogP contribution is -2.42. The summed E-state index contributed by atoms with van der Waals surface area (Å²) in [4.78, 5) is 32.3. The fourth-order valence-electron chi connectivity index (χ4n) is 2.81. The predicted molar refractivity (Wildman–Crippen MR) is 93.6 cm³/mol. The zero-order valence-electron chi connectivity index (χ0n) is 14.5. The van der Waals surface area contributed by atoms with E-state index in [1.54, 1.807) is 12.4 Å². The molecule has 1 aliphatic rings. The van der Waals surface area contributed by atoms with Gasteiger partial charge in [0.1, 0.15) is 0 Å². The Labute approximate surface area is 144 Å². The van der Waals surface area contributed by atoms with Gasteiger partial charge in [0.15, 0.2) is 0 Å². The number of rotatable bonds is 6. The molecule has 24 heavy (non-hydrogen) atoms. The SMILES string of the molecule is CCCCNC(=O)N1CCCN(C(=O)CCc2cccnc2)CC1. The summed E-state index contributed by atoms with van der Waals surface area (Å²) >= 11 is 0. The average molecular weight is 332 g/mol. The zero-order valence-corrected chi connectivity index (χ0v) is 14.5. The van der Waals surface area contributed by atoms with E-state index in [0.29, 0.717) is 32.5 Å². The minimum absolute atomic E-state index is 0.00638.